The standard InChI is InChI=1S/C18H22N6S/c1-12(14-5-4-13-3-2-7-21-17(13)23-14)20-9-10-22-18-24-15-6-8-19-11-16(15)25-18/h2-5,7,12,19-20H,6,8-11H2,1H3,(H,22,24). The fraction of sp³-hybridized carbons (Fsp3) is 0.389. The van der Waals surface area contributed by atoms with Crippen LogP contribution in [0, 0.1) is 0 Å². The summed E-state index contributed by atoms with van der Waals surface area (Å²) in [6.45, 7) is 5.81. The molecule has 0 saturated heterocycles. The van der Waals surface area contributed by atoms with Crippen molar-refractivity contribution in [3.63, 3.8) is 0 Å². The maximum atomic E-state index is 4.68. The van der Waals surface area contributed by atoms with Crippen molar-refractivity contribution >= 4 is 27.5 Å². The largest absolute Gasteiger partial charge is 0.360 e. The fourth-order valence-corrected chi connectivity index (χ4v) is 3.98. The normalized spacial score (nSPS) is 15.1. The number of thiazole rings is 1. The van der Waals surface area contributed by atoms with Crippen LogP contribution in [0.15, 0.2) is 30.5 Å². The van der Waals surface area contributed by atoms with Crippen molar-refractivity contribution in [3.8, 4) is 0 Å². The zero-order valence-electron chi connectivity index (χ0n) is 14.2. The molecular formula is C18H22N6S. The van der Waals surface area contributed by atoms with Crippen LogP contribution in [0.3, 0.4) is 0 Å². The highest BCUT2D eigenvalue weighted by molar-refractivity contribution is 7.15. The maximum absolute atomic E-state index is 4.68. The summed E-state index contributed by atoms with van der Waals surface area (Å²) in [5.74, 6) is 0. The second-order valence-electron chi connectivity index (χ2n) is 6.20. The predicted molar refractivity (Wildman–Crippen MR) is 102 cm³/mol. The minimum Gasteiger partial charge on any atom is -0.360 e. The van der Waals surface area contributed by atoms with Crippen LogP contribution in [0.2, 0.25) is 0 Å². The van der Waals surface area contributed by atoms with Gasteiger partial charge in [0.05, 0.1) is 11.4 Å². The van der Waals surface area contributed by atoms with Crippen molar-refractivity contribution in [2.24, 2.45) is 0 Å². The Morgan fingerprint density at radius 3 is 3.12 bits per heavy atom. The molecule has 1 aliphatic rings. The third-order valence-corrected chi connectivity index (χ3v) is 5.44. The van der Waals surface area contributed by atoms with Gasteiger partial charge in [0.1, 0.15) is 0 Å². The molecule has 0 fully saturated rings. The lowest BCUT2D eigenvalue weighted by Gasteiger charge is -2.14. The van der Waals surface area contributed by atoms with Gasteiger partial charge in [-0.1, -0.05) is 0 Å². The molecule has 0 bridgehead atoms. The Kier molecular flexibility index (Phi) is 4.87. The van der Waals surface area contributed by atoms with Crippen LogP contribution in [0.4, 0.5) is 5.13 Å². The number of rotatable bonds is 6. The lowest BCUT2D eigenvalue weighted by atomic mass is 10.2. The molecule has 6 nitrogen and oxygen atoms in total. The molecule has 3 aromatic rings. The average molecular weight is 354 g/mol. The van der Waals surface area contributed by atoms with Crippen molar-refractivity contribution in [1.29, 1.82) is 0 Å². The van der Waals surface area contributed by atoms with E-state index in [-0.39, 0.29) is 6.04 Å². The highest BCUT2D eigenvalue weighted by Gasteiger charge is 2.14. The summed E-state index contributed by atoms with van der Waals surface area (Å²) in [4.78, 5) is 15.0. The van der Waals surface area contributed by atoms with Crippen LogP contribution in [0.25, 0.3) is 11.0 Å². The quantitative estimate of drug-likeness (QED) is 0.591. The van der Waals surface area contributed by atoms with Crippen LogP contribution >= 0.6 is 11.3 Å². The second-order valence-corrected chi connectivity index (χ2v) is 7.29. The third-order valence-electron chi connectivity index (χ3n) is 4.38. The van der Waals surface area contributed by atoms with Gasteiger partial charge in [0, 0.05) is 55.1 Å². The molecule has 25 heavy (non-hydrogen) atoms. The number of aromatic nitrogens is 3. The van der Waals surface area contributed by atoms with Gasteiger partial charge in [0.25, 0.3) is 0 Å². The van der Waals surface area contributed by atoms with E-state index in [2.05, 4.69) is 50.0 Å². The lowest BCUT2D eigenvalue weighted by Crippen LogP contribution is -2.25. The van der Waals surface area contributed by atoms with Gasteiger partial charge in [0.15, 0.2) is 10.8 Å². The molecule has 3 N–H and O–H groups in total. The molecular weight excluding hydrogens is 332 g/mol. The minimum absolute atomic E-state index is 0.182. The van der Waals surface area contributed by atoms with Gasteiger partial charge in [-0.05, 0) is 31.2 Å². The van der Waals surface area contributed by atoms with Crippen LogP contribution in [0.5, 0.6) is 0 Å². The van der Waals surface area contributed by atoms with E-state index < -0.39 is 0 Å². The number of hydrogen-bond acceptors (Lipinski definition) is 7. The van der Waals surface area contributed by atoms with Gasteiger partial charge in [-0.25, -0.2) is 15.0 Å². The smallest absolute Gasteiger partial charge is 0.183 e. The van der Waals surface area contributed by atoms with Gasteiger partial charge >= 0.3 is 0 Å². The summed E-state index contributed by atoms with van der Waals surface area (Å²) in [6, 6.07) is 8.29. The number of nitrogens with one attached hydrogen (secondary N) is 3. The maximum Gasteiger partial charge on any atom is 0.183 e. The summed E-state index contributed by atoms with van der Waals surface area (Å²) < 4.78 is 0. The Balaban J connectivity index is 1.29. The van der Waals surface area contributed by atoms with Gasteiger partial charge in [0.2, 0.25) is 0 Å². The fourth-order valence-electron chi connectivity index (χ4n) is 2.97. The van der Waals surface area contributed by atoms with E-state index in [0.29, 0.717) is 0 Å². The van der Waals surface area contributed by atoms with Crippen LogP contribution < -0.4 is 16.0 Å². The molecule has 4 heterocycles. The zero-order valence-corrected chi connectivity index (χ0v) is 15.1. The highest BCUT2D eigenvalue weighted by atomic mass is 32.1. The van der Waals surface area contributed by atoms with Gasteiger partial charge < -0.3 is 16.0 Å². The van der Waals surface area contributed by atoms with Gasteiger partial charge in [-0.3, -0.25) is 0 Å². The first kappa shape index (κ1) is 16.4. The Labute approximate surface area is 151 Å². The van der Waals surface area contributed by atoms with Crippen LogP contribution in [-0.4, -0.2) is 34.6 Å². The Bertz CT molecular complexity index is 838. The summed E-state index contributed by atoms with van der Waals surface area (Å²) >= 11 is 1.76. The van der Waals surface area contributed by atoms with Crippen molar-refractivity contribution in [2.45, 2.75) is 25.9 Å². The van der Waals surface area contributed by atoms with E-state index in [9.17, 15) is 0 Å². The van der Waals surface area contributed by atoms with E-state index >= 15 is 0 Å². The minimum atomic E-state index is 0.182. The summed E-state index contributed by atoms with van der Waals surface area (Å²) in [5.41, 5.74) is 3.07. The molecule has 7 heteroatoms. The molecule has 0 amide bonds. The summed E-state index contributed by atoms with van der Waals surface area (Å²) in [7, 11) is 0. The SMILES string of the molecule is CC(NCCNc1nc2c(s1)CNCC2)c1ccc2cccnc2n1. The van der Waals surface area contributed by atoms with Gasteiger partial charge in [-0.2, -0.15) is 0 Å². The lowest BCUT2D eigenvalue weighted by molar-refractivity contribution is 0.576. The molecule has 4 rings (SSSR count). The van der Waals surface area contributed by atoms with E-state index in [1.807, 2.05) is 12.1 Å². The molecule has 0 radical (unpaired) electrons. The molecule has 0 aromatic carbocycles. The van der Waals surface area contributed by atoms with Crippen molar-refractivity contribution in [3.05, 3.63) is 46.7 Å². The molecule has 1 atom stereocenters. The monoisotopic (exact) mass is 354 g/mol. The first-order chi connectivity index (χ1) is 12.3. The number of nitrogens with zero attached hydrogens (tertiary/aromatic N) is 3. The van der Waals surface area contributed by atoms with E-state index in [1.54, 1.807) is 17.5 Å². The predicted octanol–water partition coefficient (Wildman–Crippen LogP) is 2.49. The Hall–Kier alpha value is -2.09. The topological polar surface area (TPSA) is 74.8 Å². The third kappa shape index (κ3) is 3.78. The molecule has 0 spiro atoms. The molecule has 1 unspecified atom stereocenters. The van der Waals surface area contributed by atoms with Crippen molar-refractivity contribution in [1.82, 2.24) is 25.6 Å². The molecule has 3 aromatic heterocycles. The zero-order chi connectivity index (χ0) is 17.1. The van der Waals surface area contributed by atoms with Crippen LogP contribution in [-0.2, 0) is 13.0 Å². The van der Waals surface area contributed by atoms with Crippen molar-refractivity contribution < 1.29 is 0 Å². The first-order valence-corrected chi connectivity index (χ1v) is 9.49. The molecule has 0 saturated carbocycles. The molecule has 130 valence electrons. The van der Waals surface area contributed by atoms with E-state index in [0.717, 1.165) is 54.5 Å². The number of pyridine rings is 2. The number of hydrogen-bond donors (Lipinski definition) is 3. The highest BCUT2D eigenvalue weighted by Crippen LogP contribution is 2.25. The van der Waals surface area contributed by atoms with E-state index in [1.165, 1.54) is 10.6 Å². The Morgan fingerprint density at radius 2 is 2.20 bits per heavy atom. The van der Waals surface area contributed by atoms with Crippen molar-refractivity contribution in [2.75, 3.05) is 25.0 Å². The van der Waals surface area contributed by atoms with E-state index in [4.69, 9.17) is 0 Å². The van der Waals surface area contributed by atoms with Gasteiger partial charge in [-0.15, -0.1) is 11.3 Å². The van der Waals surface area contributed by atoms with Crippen LogP contribution in [0.1, 0.15) is 29.2 Å². The number of fused-ring (bicyclic) bond motifs is 2. The Morgan fingerprint density at radius 1 is 1.24 bits per heavy atom. The molecule has 1 aliphatic heterocycles. The summed E-state index contributed by atoms with van der Waals surface area (Å²) in [5, 5.41) is 12.4. The first-order valence-electron chi connectivity index (χ1n) is 8.68. The average Bonchev–Trinajstić information content (AvgIpc) is 3.07. The second kappa shape index (κ2) is 7.43. The molecule has 0 aliphatic carbocycles. The summed E-state index contributed by atoms with van der Waals surface area (Å²) in [6.07, 6.45) is 2.81. The number of anilines is 1.